The number of pyridine rings is 1. The van der Waals surface area contributed by atoms with Gasteiger partial charge in [-0.2, -0.15) is 4.73 Å². The van der Waals surface area contributed by atoms with E-state index in [1.54, 1.807) is 54.6 Å². The SMILES string of the molecule is Cc1c(OCc2cccc[n+]2[O-])ccc2c1OC(c1ccc(C(N)=O)cc1)CC2=O. The maximum Gasteiger partial charge on any atom is 0.248 e. The van der Waals surface area contributed by atoms with Crippen LogP contribution < -0.4 is 19.9 Å². The first-order valence-electron chi connectivity index (χ1n) is 9.47. The van der Waals surface area contributed by atoms with Crippen LogP contribution in [0, 0.1) is 12.1 Å². The maximum atomic E-state index is 12.7. The summed E-state index contributed by atoms with van der Waals surface area (Å²) in [5, 5.41) is 11.8. The molecule has 1 aromatic heterocycles. The van der Waals surface area contributed by atoms with E-state index in [1.165, 1.54) is 6.20 Å². The predicted octanol–water partition coefficient (Wildman–Crippen LogP) is 3.01. The van der Waals surface area contributed by atoms with Crippen LogP contribution in [0.5, 0.6) is 11.5 Å². The molecule has 2 aromatic carbocycles. The monoisotopic (exact) mass is 404 g/mol. The number of fused-ring (bicyclic) bond motifs is 1. The van der Waals surface area contributed by atoms with Gasteiger partial charge in [0.2, 0.25) is 11.6 Å². The molecule has 7 nitrogen and oxygen atoms in total. The second kappa shape index (κ2) is 7.87. The van der Waals surface area contributed by atoms with E-state index in [2.05, 4.69) is 0 Å². The summed E-state index contributed by atoms with van der Waals surface area (Å²) in [7, 11) is 0. The van der Waals surface area contributed by atoms with Gasteiger partial charge in [-0.3, -0.25) is 9.59 Å². The third-order valence-corrected chi connectivity index (χ3v) is 5.13. The number of hydrogen-bond donors (Lipinski definition) is 1. The zero-order chi connectivity index (χ0) is 21.3. The summed E-state index contributed by atoms with van der Waals surface area (Å²) < 4.78 is 12.7. The number of Topliss-reactive ketones (excluding diaryl/α,β-unsaturated/α-hetero) is 1. The van der Waals surface area contributed by atoms with Crippen LogP contribution >= 0.6 is 0 Å². The Bertz CT molecular complexity index is 1120. The Hall–Kier alpha value is -3.87. The van der Waals surface area contributed by atoms with E-state index in [4.69, 9.17) is 15.2 Å². The van der Waals surface area contributed by atoms with Crippen molar-refractivity contribution in [1.82, 2.24) is 0 Å². The molecule has 2 heterocycles. The summed E-state index contributed by atoms with van der Waals surface area (Å²) in [5.74, 6) is 0.462. The molecule has 1 aliphatic heterocycles. The molecule has 7 heteroatoms. The lowest BCUT2D eigenvalue weighted by atomic mass is 9.94. The normalized spacial score (nSPS) is 15.2. The smallest absolute Gasteiger partial charge is 0.248 e. The fourth-order valence-electron chi connectivity index (χ4n) is 3.44. The molecule has 0 radical (unpaired) electrons. The van der Waals surface area contributed by atoms with E-state index in [0.717, 1.165) is 10.3 Å². The number of ether oxygens (including phenoxy) is 2. The van der Waals surface area contributed by atoms with Crippen molar-refractivity contribution in [3.63, 3.8) is 0 Å². The molecule has 1 aliphatic rings. The Balaban J connectivity index is 1.58. The van der Waals surface area contributed by atoms with Crippen LogP contribution in [0.15, 0.2) is 60.8 Å². The van der Waals surface area contributed by atoms with Gasteiger partial charge in [0.15, 0.2) is 18.6 Å². The summed E-state index contributed by atoms with van der Waals surface area (Å²) >= 11 is 0. The van der Waals surface area contributed by atoms with Crippen LogP contribution in [-0.4, -0.2) is 11.7 Å². The highest BCUT2D eigenvalue weighted by atomic mass is 16.5. The third kappa shape index (κ3) is 3.69. The summed E-state index contributed by atoms with van der Waals surface area (Å²) in [6.45, 7) is 1.91. The molecular formula is C23H20N2O5. The van der Waals surface area contributed by atoms with E-state index in [0.29, 0.717) is 33.9 Å². The minimum Gasteiger partial charge on any atom is -0.618 e. The zero-order valence-corrected chi connectivity index (χ0v) is 16.3. The van der Waals surface area contributed by atoms with E-state index in [-0.39, 0.29) is 18.8 Å². The lowest BCUT2D eigenvalue weighted by Gasteiger charge is -2.27. The van der Waals surface area contributed by atoms with Crippen molar-refractivity contribution in [3.05, 3.63) is 93.9 Å². The molecule has 30 heavy (non-hydrogen) atoms. The van der Waals surface area contributed by atoms with Crippen molar-refractivity contribution in [2.45, 2.75) is 26.1 Å². The van der Waals surface area contributed by atoms with Crippen LogP contribution in [0.2, 0.25) is 0 Å². The second-order valence-electron chi connectivity index (χ2n) is 7.09. The number of ketones is 1. The molecule has 0 saturated heterocycles. The average molecular weight is 404 g/mol. The number of amides is 1. The Morgan fingerprint density at radius 1 is 1.20 bits per heavy atom. The number of rotatable bonds is 5. The standard InChI is InChI=1S/C23H20N2O5/c1-14-20(29-13-17-4-2-3-11-25(17)28)10-9-18-19(26)12-21(30-22(14)18)15-5-7-16(8-6-15)23(24)27/h2-11,21H,12-13H2,1H3,(H2,24,27). The van der Waals surface area contributed by atoms with Crippen LogP contribution in [0.4, 0.5) is 0 Å². The quantitative estimate of drug-likeness (QED) is 0.520. The Morgan fingerprint density at radius 3 is 2.67 bits per heavy atom. The van der Waals surface area contributed by atoms with Gasteiger partial charge in [-0.05, 0) is 42.8 Å². The second-order valence-corrected chi connectivity index (χ2v) is 7.09. The molecule has 3 aromatic rings. The van der Waals surface area contributed by atoms with E-state index in [1.807, 2.05) is 6.92 Å². The van der Waals surface area contributed by atoms with Gasteiger partial charge < -0.3 is 20.4 Å². The minimum atomic E-state index is -0.511. The minimum absolute atomic E-state index is 0.0321. The molecule has 0 saturated carbocycles. The number of aromatic nitrogens is 1. The summed E-state index contributed by atoms with van der Waals surface area (Å²) in [6, 6.07) is 15.2. The van der Waals surface area contributed by atoms with Crippen LogP contribution in [0.1, 0.15) is 50.1 Å². The van der Waals surface area contributed by atoms with Gasteiger partial charge in [0, 0.05) is 23.3 Å². The molecule has 0 aliphatic carbocycles. The lowest BCUT2D eigenvalue weighted by Crippen LogP contribution is -2.31. The van der Waals surface area contributed by atoms with E-state index < -0.39 is 12.0 Å². The summed E-state index contributed by atoms with van der Waals surface area (Å²) in [5.41, 5.74) is 8.12. The summed E-state index contributed by atoms with van der Waals surface area (Å²) in [6.07, 6.45) is 1.13. The number of hydrogen-bond acceptors (Lipinski definition) is 5. The number of nitrogens with zero attached hydrogens (tertiary/aromatic N) is 1. The highest BCUT2D eigenvalue weighted by molar-refractivity contribution is 6.00. The van der Waals surface area contributed by atoms with Crippen molar-refractivity contribution >= 4 is 11.7 Å². The Kier molecular flexibility index (Phi) is 5.10. The molecule has 0 fully saturated rings. The van der Waals surface area contributed by atoms with Crippen molar-refractivity contribution in [3.8, 4) is 11.5 Å². The highest BCUT2D eigenvalue weighted by Crippen LogP contribution is 2.40. The Labute approximate surface area is 173 Å². The molecule has 1 unspecified atom stereocenters. The molecule has 0 spiro atoms. The molecule has 0 bridgehead atoms. The first kappa shape index (κ1) is 19.4. The number of benzene rings is 2. The molecule has 1 atom stereocenters. The van der Waals surface area contributed by atoms with Crippen molar-refractivity contribution in [2.75, 3.05) is 0 Å². The van der Waals surface area contributed by atoms with Gasteiger partial charge in [0.25, 0.3) is 0 Å². The largest absolute Gasteiger partial charge is 0.618 e. The highest BCUT2D eigenvalue weighted by Gasteiger charge is 2.30. The van der Waals surface area contributed by atoms with Gasteiger partial charge in [0.05, 0.1) is 12.0 Å². The fourth-order valence-corrected chi connectivity index (χ4v) is 3.44. The molecule has 2 N–H and O–H groups in total. The number of nitrogens with two attached hydrogens (primary N) is 1. The maximum absolute atomic E-state index is 12.7. The lowest BCUT2D eigenvalue weighted by molar-refractivity contribution is -0.616. The van der Waals surface area contributed by atoms with Gasteiger partial charge in [-0.15, -0.1) is 0 Å². The van der Waals surface area contributed by atoms with Crippen LogP contribution in [0.3, 0.4) is 0 Å². The first-order valence-corrected chi connectivity index (χ1v) is 9.47. The van der Waals surface area contributed by atoms with E-state index in [9.17, 15) is 14.8 Å². The van der Waals surface area contributed by atoms with Crippen LogP contribution in [-0.2, 0) is 6.61 Å². The van der Waals surface area contributed by atoms with Gasteiger partial charge in [-0.25, -0.2) is 0 Å². The Morgan fingerprint density at radius 2 is 1.97 bits per heavy atom. The van der Waals surface area contributed by atoms with Crippen molar-refractivity contribution < 1.29 is 23.8 Å². The molecule has 1 amide bonds. The van der Waals surface area contributed by atoms with Gasteiger partial charge in [-0.1, -0.05) is 12.1 Å². The van der Waals surface area contributed by atoms with Gasteiger partial charge >= 0.3 is 0 Å². The fraction of sp³-hybridized carbons (Fsp3) is 0.174. The number of primary amides is 1. The van der Waals surface area contributed by atoms with E-state index >= 15 is 0 Å². The van der Waals surface area contributed by atoms with Crippen LogP contribution in [0.25, 0.3) is 0 Å². The molecule has 152 valence electrons. The number of carbonyl (C=O) groups is 2. The average Bonchev–Trinajstić information content (AvgIpc) is 2.74. The summed E-state index contributed by atoms with van der Waals surface area (Å²) in [4.78, 5) is 24.0. The molecular weight excluding hydrogens is 384 g/mol. The predicted molar refractivity (Wildman–Crippen MR) is 108 cm³/mol. The van der Waals surface area contributed by atoms with Gasteiger partial charge in [0.1, 0.15) is 17.6 Å². The zero-order valence-electron chi connectivity index (χ0n) is 16.3. The van der Waals surface area contributed by atoms with Crippen molar-refractivity contribution in [2.24, 2.45) is 5.73 Å². The van der Waals surface area contributed by atoms with Crippen molar-refractivity contribution in [1.29, 1.82) is 0 Å². The number of carbonyl (C=O) groups excluding carboxylic acids is 2. The topological polar surface area (TPSA) is 106 Å². The third-order valence-electron chi connectivity index (χ3n) is 5.13. The first-order chi connectivity index (χ1) is 14.4. The molecule has 4 rings (SSSR count).